The van der Waals surface area contributed by atoms with Crippen molar-refractivity contribution in [3.05, 3.63) is 90.8 Å². The minimum Gasteiger partial charge on any atom is -0.384 e. The van der Waals surface area contributed by atoms with Crippen molar-refractivity contribution < 1.29 is 0 Å². The Kier molecular flexibility index (Phi) is 4.01. The first kappa shape index (κ1) is 15.1. The summed E-state index contributed by atoms with van der Waals surface area (Å²) in [4.78, 5) is 4.12. The molecule has 4 heteroatoms. The molecule has 0 fully saturated rings. The van der Waals surface area contributed by atoms with Crippen LogP contribution in [0, 0.1) is 0 Å². The summed E-state index contributed by atoms with van der Waals surface area (Å²) >= 11 is 0. The number of nitrogens with two attached hydrogens (primary N) is 1. The molecule has 0 unspecified atom stereocenters. The molecule has 0 atom stereocenters. The van der Waals surface area contributed by atoms with Gasteiger partial charge in [0.05, 0.1) is 12.2 Å². The second kappa shape index (κ2) is 6.61. The van der Waals surface area contributed by atoms with Crippen LogP contribution in [0.5, 0.6) is 0 Å². The monoisotopic (exact) mass is 326 g/mol. The fourth-order valence-electron chi connectivity index (χ4n) is 2.81. The van der Waals surface area contributed by atoms with Crippen LogP contribution in [-0.4, -0.2) is 14.8 Å². The Balaban J connectivity index is 1.59. The zero-order valence-corrected chi connectivity index (χ0v) is 13.7. The first-order valence-electron chi connectivity index (χ1n) is 8.18. The maximum Gasteiger partial charge on any atom is 0.123 e. The number of aromatic nitrogens is 3. The smallest absolute Gasteiger partial charge is 0.123 e. The summed E-state index contributed by atoms with van der Waals surface area (Å²) < 4.78 is 1.91. The van der Waals surface area contributed by atoms with Gasteiger partial charge in [0, 0.05) is 18.0 Å². The largest absolute Gasteiger partial charge is 0.384 e. The summed E-state index contributed by atoms with van der Waals surface area (Å²) in [6.07, 6.45) is 3.77. The van der Waals surface area contributed by atoms with Crippen molar-refractivity contribution in [2.75, 3.05) is 5.73 Å². The highest BCUT2D eigenvalue weighted by molar-refractivity contribution is 5.71. The second-order valence-electron chi connectivity index (χ2n) is 5.94. The molecule has 0 saturated carbocycles. The summed E-state index contributed by atoms with van der Waals surface area (Å²) in [5.74, 6) is 0.530. The molecular weight excluding hydrogens is 308 g/mol. The Hall–Kier alpha value is -3.40. The number of nitrogen functional groups attached to an aromatic ring is 1. The van der Waals surface area contributed by atoms with E-state index in [-0.39, 0.29) is 0 Å². The third-order valence-corrected chi connectivity index (χ3v) is 4.10. The number of anilines is 1. The molecule has 0 aliphatic rings. The van der Waals surface area contributed by atoms with Gasteiger partial charge in [-0.2, -0.15) is 5.10 Å². The molecule has 4 nitrogen and oxygen atoms in total. The predicted octanol–water partition coefficient (Wildman–Crippen LogP) is 4.24. The van der Waals surface area contributed by atoms with Crippen LogP contribution in [0.25, 0.3) is 22.4 Å². The lowest BCUT2D eigenvalue weighted by Gasteiger charge is -2.04. The lowest BCUT2D eigenvalue weighted by Crippen LogP contribution is -2.01. The van der Waals surface area contributed by atoms with E-state index in [1.54, 1.807) is 6.20 Å². The quantitative estimate of drug-likeness (QED) is 0.610. The molecule has 0 saturated heterocycles. The van der Waals surface area contributed by atoms with E-state index in [2.05, 4.69) is 53.5 Å². The molecule has 25 heavy (non-hydrogen) atoms. The highest BCUT2D eigenvalue weighted by Crippen LogP contribution is 2.25. The molecule has 122 valence electrons. The van der Waals surface area contributed by atoms with E-state index in [9.17, 15) is 0 Å². The van der Waals surface area contributed by atoms with Gasteiger partial charge in [0.2, 0.25) is 0 Å². The predicted molar refractivity (Wildman–Crippen MR) is 101 cm³/mol. The first-order chi connectivity index (χ1) is 12.3. The summed E-state index contributed by atoms with van der Waals surface area (Å²) in [5.41, 5.74) is 11.2. The summed E-state index contributed by atoms with van der Waals surface area (Å²) in [6.45, 7) is 0.672. The van der Waals surface area contributed by atoms with E-state index in [0.29, 0.717) is 12.4 Å². The van der Waals surface area contributed by atoms with Crippen molar-refractivity contribution >= 4 is 5.82 Å². The molecule has 0 aliphatic heterocycles. The lowest BCUT2D eigenvalue weighted by molar-refractivity contribution is 0.687. The Morgan fingerprint density at radius 3 is 2.40 bits per heavy atom. The van der Waals surface area contributed by atoms with Crippen LogP contribution in [0.15, 0.2) is 85.2 Å². The van der Waals surface area contributed by atoms with Crippen LogP contribution in [-0.2, 0) is 6.54 Å². The number of benzene rings is 2. The zero-order valence-electron chi connectivity index (χ0n) is 13.7. The van der Waals surface area contributed by atoms with Gasteiger partial charge in [-0.3, -0.25) is 4.68 Å². The molecule has 4 rings (SSSR count). The van der Waals surface area contributed by atoms with Gasteiger partial charge in [-0.1, -0.05) is 54.6 Å². The molecule has 0 aliphatic carbocycles. The van der Waals surface area contributed by atoms with Gasteiger partial charge in [0.15, 0.2) is 0 Å². The zero-order chi connectivity index (χ0) is 17.1. The van der Waals surface area contributed by atoms with Gasteiger partial charge in [-0.05, 0) is 34.9 Å². The lowest BCUT2D eigenvalue weighted by atomic mass is 10.0. The topological polar surface area (TPSA) is 56.7 Å². The third-order valence-electron chi connectivity index (χ3n) is 4.10. The minimum atomic E-state index is 0.530. The van der Waals surface area contributed by atoms with E-state index in [1.165, 1.54) is 11.1 Å². The highest BCUT2D eigenvalue weighted by atomic mass is 15.3. The molecule has 2 N–H and O–H groups in total. The molecule has 0 radical (unpaired) electrons. The Morgan fingerprint density at radius 1 is 0.800 bits per heavy atom. The van der Waals surface area contributed by atoms with Gasteiger partial charge >= 0.3 is 0 Å². The number of hydrogen-bond donors (Lipinski definition) is 1. The van der Waals surface area contributed by atoms with E-state index < -0.39 is 0 Å². The minimum absolute atomic E-state index is 0.530. The molecule has 2 aromatic heterocycles. The van der Waals surface area contributed by atoms with Gasteiger partial charge in [-0.15, -0.1) is 0 Å². The van der Waals surface area contributed by atoms with E-state index in [0.717, 1.165) is 16.8 Å². The van der Waals surface area contributed by atoms with Crippen LogP contribution < -0.4 is 5.73 Å². The summed E-state index contributed by atoms with van der Waals surface area (Å²) in [6, 6.07) is 24.6. The van der Waals surface area contributed by atoms with Gasteiger partial charge in [0.1, 0.15) is 5.82 Å². The van der Waals surface area contributed by atoms with Crippen molar-refractivity contribution in [3.63, 3.8) is 0 Å². The standard InChI is InChI=1S/C21H18N4/c22-21-10-9-16(14-23-21)15-25-12-11-20(24-25)19-8-4-7-18(13-19)17-5-2-1-3-6-17/h1-14H,15H2,(H2,22,23). The number of pyridine rings is 1. The molecule has 2 heterocycles. The first-order valence-corrected chi connectivity index (χ1v) is 8.18. The van der Waals surface area contributed by atoms with Crippen LogP contribution in [0.1, 0.15) is 5.56 Å². The van der Waals surface area contributed by atoms with Gasteiger partial charge in [-0.25, -0.2) is 4.98 Å². The normalized spacial score (nSPS) is 10.7. The average Bonchev–Trinajstić information content (AvgIpc) is 3.13. The molecule has 4 aromatic rings. The van der Waals surface area contributed by atoms with Crippen molar-refractivity contribution in [1.29, 1.82) is 0 Å². The summed E-state index contributed by atoms with van der Waals surface area (Å²) in [5, 5.41) is 4.69. The maximum atomic E-state index is 5.63. The fraction of sp³-hybridized carbons (Fsp3) is 0.0476. The van der Waals surface area contributed by atoms with Crippen molar-refractivity contribution in [3.8, 4) is 22.4 Å². The summed E-state index contributed by atoms with van der Waals surface area (Å²) in [7, 11) is 0. The Bertz CT molecular complexity index is 972. The molecule has 0 bridgehead atoms. The Morgan fingerprint density at radius 2 is 1.60 bits per heavy atom. The molecular formula is C21H18N4. The highest BCUT2D eigenvalue weighted by Gasteiger charge is 2.05. The van der Waals surface area contributed by atoms with Crippen LogP contribution in [0.4, 0.5) is 5.82 Å². The maximum absolute atomic E-state index is 5.63. The van der Waals surface area contributed by atoms with E-state index >= 15 is 0 Å². The van der Waals surface area contributed by atoms with Gasteiger partial charge in [0.25, 0.3) is 0 Å². The third kappa shape index (κ3) is 3.43. The van der Waals surface area contributed by atoms with Crippen LogP contribution in [0.2, 0.25) is 0 Å². The van der Waals surface area contributed by atoms with Crippen LogP contribution in [0.3, 0.4) is 0 Å². The average molecular weight is 326 g/mol. The Labute approximate surface area is 146 Å². The number of nitrogens with zero attached hydrogens (tertiary/aromatic N) is 3. The van der Waals surface area contributed by atoms with Crippen LogP contribution >= 0.6 is 0 Å². The van der Waals surface area contributed by atoms with E-state index in [1.807, 2.05) is 35.1 Å². The number of rotatable bonds is 4. The SMILES string of the molecule is Nc1ccc(Cn2ccc(-c3cccc(-c4ccccc4)c3)n2)cn1. The van der Waals surface area contributed by atoms with E-state index in [4.69, 9.17) is 10.8 Å². The van der Waals surface area contributed by atoms with Crippen molar-refractivity contribution in [2.45, 2.75) is 6.54 Å². The van der Waals surface area contributed by atoms with Gasteiger partial charge < -0.3 is 5.73 Å². The second-order valence-corrected chi connectivity index (χ2v) is 5.94. The fourth-order valence-corrected chi connectivity index (χ4v) is 2.81. The molecule has 2 aromatic carbocycles. The molecule has 0 spiro atoms. The van der Waals surface area contributed by atoms with Crippen molar-refractivity contribution in [1.82, 2.24) is 14.8 Å². The molecule has 0 amide bonds. The van der Waals surface area contributed by atoms with Crippen molar-refractivity contribution in [2.24, 2.45) is 0 Å². The number of hydrogen-bond acceptors (Lipinski definition) is 3.